The van der Waals surface area contributed by atoms with Crippen molar-refractivity contribution in [3.05, 3.63) is 59.7 Å². The minimum Gasteiger partial charge on any atom is -0.389 e. The minimum atomic E-state index is 0.460. The summed E-state index contributed by atoms with van der Waals surface area (Å²) in [5, 5.41) is 0. The Kier molecular flexibility index (Phi) is 5.65. The van der Waals surface area contributed by atoms with Crippen LogP contribution in [-0.4, -0.2) is 17.8 Å². The average Bonchev–Trinajstić information content (AvgIpc) is 2.48. The summed E-state index contributed by atoms with van der Waals surface area (Å²) in [6.07, 6.45) is 0. The molecule has 4 heteroatoms. The maximum Gasteiger partial charge on any atom is 0.107 e. The summed E-state index contributed by atoms with van der Waals surface area (Å²) < 4.78 is 0. The van der Waals surface area contributed by atoms with Crippen molar-refractivity contribution in [3.8, 4) is 0 Å². The van der Waals surface area contributed by atoms with Gasteiger partial charge in [0.2, 0.25) is 0 Å². The van der Waals surface area contributed by atoms with Crippen LogP contribution in [0, 0.1) is 0 Å². The van der Waals surface area contributed by atoms with Gasteiger partial charge in [-0.05, 0) is 23.4 Å². The van der Waals surface area contributed by atoms with Crippen LogP contribution in [-0.2, 0) is 6.54 Å². The van der Waals surface area contributed by atoms with Crippen molar-refractivity contribution >= 4 is 34.7 Å². The first-order valence-electron chi connectivity index (χ1n) is 6.94. The van der Waals surface area contributed by atoms with Gasteiger partial charge in [-0.3, -0.25) is 0 Å². The topological polar surface area (TPSA) is 29.3 Å². The number of nitrogens with two attached hydrogens (primary N) is 1. The first-order valence-corrected chi connectivity index (χ1v) is 8.33. The second-order valence-electron chi connectivity index (χ2n) is 4.79. The van der Waals surface area contributed by atoms with Gasteiger partial charge in [0.25, 0.3) is 0 Å². The fraction of sp³-hybridized carbons (Fsp3) is 0.235. The van der Waals surface area contributed by atoms with Gasteiger partial charge in [-0.1, -0.05) is 55.5 Å². The van der Waals surface area contributed by atoms with Gasteiger partial charge in [-0.25, -0.2) is 0 Å². The van der Waals surface area contributed by atoms with E-state index >= 15 is 0 Å². The summed E-state index contributed by atoms with van der Waals surface area (Å²) in [5.41, 5.74) is 9.31. The zero-order chi connectivity index (χ0) is 15.2. The molecule has 0 aliphatic rings. The van der Waals surface area contributed by atoms with Crippen LogP contribution >= 0.6 is 24.0 Å². The van der Waals surface area contributed by atoms with Gasteiger partial charge in [-0.15, -0.1) is 11.8 Å². The fourth-order valence-corrected chi connectivity index (χ4v) is 3.43. The molecule has 0 amide bonds. The van der Waals surface area contributed by atoms with Gasteiger partial charge in [0.05, 0.1) is 0 Å². The molecule has 0 unspecified atom stereocenters. The maximum atomic E-state index is 5.97. The van der Waals surface area contributed by atoms with E-state index in [0.717, 1.165) is 28.4 Å². The monoisotopic (exact) mass is 316 g/mol. The first-order chi connectivity index (χ1) is 10.1. The summed E-state index contributed by atoms with van der Waals surface area (Å²) >= 11 is 7.05. The smallest absolute Gasteiger partial charge is 0.107 e. The highest BCUT2D eigenvalue weighted by Gasteiger charge is 2.14. The molecule has 0 saturated heterocycles. The molecule has 0 aliphatic carbocycles. The number of benzene rings is 2. The van der Waals surface area contributed by atoms with Crippen molar-refractivity contribution in [2.45, 2.75) is 18.4 Å². The third kappa shape index (κ3) is 3.99. The molecule has 0 aromatic heterocycles. The lowest BCUT2D eigenvalue weighted by atomic mass is 10.1. The molecule has 110 valence electrons. The molecule has 0 radical (unpaired) electrons. The van der Waals surface area contributed by atoms with Crippen molar-refractivity contribution in [2.24, 2.45) is 5.73 Å². The zero-order valence-corrected chi connectivity index (χ0v) is 14.0. The lowest BCUT2D eigenvalue weighted by Crippen LogP contribution is -2.22. The molecular weight excluding hydrogens is 296 g/mol. The zero-order valence-electron chi connectivity index (χ0n) is 12.4. The predicted molar refractivity (Wildman–Crippen MR) is 97.3 cm³/mol. The molecule has 0 heterocycles. The second kappa shape index (κ2) is 7.48. The van der Waals surface area contributed by atoms with Crippen molar-refractivity contribution in [1.29, 1.82) is 0 Å². The van der Waals surface area contributed by atoms with E-state index in [1.807, 2.05) is 6.07 Å². The Bertz CT molecular complexity index is 611. The van der Waals surface area contributed by atoms with Crippen LogP contribution in [0.1, 0.15) is 18.1 Å². The van der Waals surface area contributed by atoms with Gasteiger partial charge >= 0.3 is 0 Å². The van der Waals surface area contributed by atoms with E-state index in [9.17, 15) is 0 Å². The molecule has 0 saturated carbocycles. The van der Waals surface area contributed by atoms with E-state index in [1.54, 1.807) is 11.8 Å². The second-order valence-corrected chi connectivity index (χ2v) is 6.53. The molecule has 2 nitrogen and oxygen atoms in total. The highest BCUT2D eigenvalue weighted by atomic mass is 32.2. The predicted octanol–water partition coefficient (Wildman–Crippen LogP) is 4.07. The van der Waals surface area contributed by atoms with Gasteiger partial charge in [0, 0.05) is 29.7 Å². The molecule has 0 fully saturated rings. The molecule has 2 N–H and O–H groups in total. The molecule has 0 atom stereocenters. The van der Waals surface area contributed by atoms with Gasteiger partial charge in [0.15, 0.2) is 0 Å². The van der Waals surface area contributed by atoms with E-state index in [1.165, 1.54) is 5.56 Å². The lowest BCUT2D eigenvalue weighted by Gasteiger charge is -2.24. The minimum absolute atomic E-state index is 0.460. The molecule has 0 bridgehead atoms. The van der Waals surface area contributed by atoms with Crippen LogP contribution in [0.2, 0.25) is 0 Å². The van der Waals surface area contributed by atoms with E-state index in [4.69, 9.17) is 18.0 Å². The van der Waals surface area contributed by atoms with E-state index in [2.05, 4.69) is 61.3 Å². The Morgan fingerprint density at radius 1 is 1.14 bits per heavy atom. The summed E-state index contributed by atoms with van der Waals surface area (Å²) in [5.74, 6) is 1.00. The standard InChI is InChI=1S/C17H20N2S2/c1-3-21-15-11-7-10-14(16(15)17(18)20)19(2)12-13-8-5-4-6-9-13/h4-11H,3,12H2,1-2H3,(H2,18,20). The van der Waals surface area contributed by atoms with Crippen LogP contribution in [0.3, 0.4) is 0 Å². The number of thioether (sulfide) groups is 1. The summed E-state index contributed by atoms with van der Waals surface area (Å²) in [6, 6.07) is 16.6. The maximum absolute atomic E-state index is 5.97. The largest absolute Gasteiger partial charge is 0.389 e. The highest BCUT2D eigenvalue weighted by Crippen LogP contribution is 2.31. The average molecular weight is 316 g/mol. The Balaban J connectivity index is 2.34. The summed E-state index contributed by atoms with van der Waals surface area (Å²) in [4.78, 5) is 3.81. The summed E-state index contributed by atoms with van der Waals surface area (Å²) in [6.45, 7) is 2.96. The number of anilines is 1. The quantitative estimate of drug-likeness (QED) is 0.642. The fourth-order valence-electron chi connectivity index (χ4n) is 2.30. The van der Waals surface area contributed by atoms with Crippen molar-refractivity contribution in [2.75, 3.05) is 17.7 Å². The third-order valence-corrected chi connectivity index (χ3v) is 4.37. The molecular formula is C17H20N2S2. The van der Waals surface area contributed by atoms with Crippen molar-refractivity contribution in [1.82, 2.24) is 0 Å². The van der Waals surface area contributed by atoms with Crippen LogP contribution in [0.5, 0.6) is 0 Å². The lowest BCUT2D eigenvalue weighted by molar-refractivity contribution is 0.919. The first kappa shape index (κ1) is 15.9. The molecule has 2 aromatic carbocycles. The van der Waals surface area contributed by atoms with Crippen molar-refractivity contribution in [3.63, 3.8) is 0 Å². The number of hydrogen-bond donors (Lipinski definition) is 1. The number of nitrogens with zero attached hydrogens (tertiary/aromatic N) is 1. The Morgan fingerprint density at radius 2 is 1.86 bits per heavy atom. The Labute approximate surface area is 136 Å². The number of hydrogen-bond acceptors (Lipinski definition) is 3. The van der Waals surface area contributed by atoms with Gasteiger partial charge in [-0.2, -0.15) is 0 Å². The van der Waals surface area contributed by atoms with Gasteiger partial charge < -0.3 is 10.6 Å². The molecule has 0 spiro atoms. The van der Waals surface area contributed by atoms with E-state index in [-0.39, 0.29) is 0 Å². The highest BCUT2D eigenvalue weighted by molar-refractivity contribution is 7.99. The third-order valence-electron chi connectivity index (χ3n) is 3.22. The van der Waals surface area contributed by atoms with Crippen LogP contribution in [0.15, 0.2) is 53.4 Å². The SMILES string of the molecule is CCSc1cccc(N(C)Cc2ccccc2)c1C(N)=S. The number of rotatable bonds is 6. The van der Waals surface area contributed by atoms with Crippen molar-refractivity contribution < 1.29 is 0 Å². The Hall–Kier alpha value is -1.52. The van der Waals surface area contributed by atoms with Crippen LogP contribution < -0.4 is 10.6 Å². The molecule has 21 heavy (non-hydrogen) atoms. The summed E-state index contributed by atoms with van der Waals surface area (Å²) in [7, 11) is 2.07. The van der Waals surface area contributed by atoms with E-state index in [0.29, 0.717) is 4.99 Å². The molecule has 2 rings (SSSR count). The van der Waals surface area contributed by atoms with Gasteiger partial charge in [0.1, 0.15) is 4.99 Å². The number of thiocarbonyl (C=S) groups is 1. The molecule has 2 aromatic rings. The normalized spacial score (nSPS) is 10.4. The van der Waals surface area contributed by atoms with Crippen LogP contribution in [0.4, 0.5) is 5.69 Å². The van der Waals surface area contributed by atoms with Crippen LogP contribution in [0.25, 0.3) is 0 Å². The van der Waals surface area contributed by atoms with E-state index < -0.39 is 0 Å². The molecule has 0 aliphatic heterocycles. The Morgan fingerprint density at radius 3 is 2.48 bits per heavy atom.